The van der Waals surface area contributed by atoms with Crippen LogP contribution in [-0.2, 0) is 12.8 Å². The van der Waals surface area contributed by atoms with Crippen LogP contribution in [0.25, 0.3) is 11.3 Å². The molecule has 2 aromatic rings. The zero-order chi connectivity index (χ0) is 16.1. The summed E-state index contributed by atoms with van der Waals surface area (Å²) in [4.78, 5) is 17.8. The van der Waals surface area contributed by atoms with Gasteiger partial charge in [0.1, 0.15) is 5.69 Å². The highest BCUT2D eigenvalue weighted by Gasteiger charge is 2.35. The van der Waals surface area contributed by atoms with Crippen molar-refractivity contribution in [2.75, 3.05) is 26.2 Å². The maximum atomic E-state index is 13.2. The van der Waals surface area contributed by atoms with Crippen LogP contribution in [0, 0.1) is 0 Å². The molecule has 5 nitrogen and oxygen atoms in total. The third kappa shape index (κ3) is 2.11. The van der Waals surface area contributed by atoms with E-state index in [1.54, 1.807) is 0 Å². The van der Waals surface area contributed by atoms with Gasteiger partial charge in [0.25, 0.3) is 5.91 Å². The van der Waals surface area contributed by atoms with Crippen LogP contribution in [0.2, 0.25) is 0 Å². The molecule has 3 aliphatic heterocycles. The van der Waals surface area contributed by atoms with Crippen molar-refractivity contribution in [2.24, 2.45) is 0 Å². The number of nitrogens with zero attached hydrogens (tertiary/aromatic N) is 3. The monoisotopic (exact) mass is 322 g/mol. The first-order chi connectivity index (χ1) is 11.8. The number of nitrogens with one attached hydrogen (secondary N) is 1. The van der Waals surface area contributed by atoms with E-state index in [9.17, 15) is 4.79 Å². The maximum Gasteiger partial charge on any atom is 0.272 e. The molecule has 6 rings (SSSR count). The minimum absolute atomic E-state index is 0.150. The molecule has 1 aromatic heterocycles. The summed E-state index contributed by atoms with van der Waals surface area (Å²) in [6, 6.07) is 8.79. The molecule has 1 aromatic carbocycles. The van der Waals surface area contributed by atoms with Crippen LogP contribution >= 0.6 is 0 Å². The number of aryl methyl sites for hydroxylation is 1. The molecule has 124 valence electrons. The average Bonchev–Trinajstić information content (AvgIpc) is 2.84. The van der Waals surface area contributed by atoms with Gasteiger partial charge in [-0.3, -0.25) is 9.89 Å². The predicted octanol–water partition coefficient (Wildman–Crippen LogP) is 2.10. The highest BCUT2D eigenvalue weighted by Crippen LogP contribution is 2.34. The predicted molar refractivity (Wildman–Crippen MR) is 91.9 cm³/mol. The molecule has 5 heteroatoms. The van der Waals surface area contributed by atoms with Crippen LogP contribution in [0.15, 0.2) is 24.3 Å². The van der Waals surface area contributed by atoms with Gasteiger partial charge >= 0.3 is 0 Å². The highest BCUT2D eigenvalue weighted by molar-refractivity contribution is 5.96. The van der Waals surface area contributed by atoms with Crippen molar-refractivity contribution in [2.45, 2.75) is 31.7 Å². The van der Waals surface area contributed by atoms with E-state index in [1.165, 1.54) is 11.1 Å². The number of H-pyrrole nitrogens is 1. The normalized spacial score (nSPS) is 25.1. The number of aromatic amines is 1. The number of rotatable bonds is 1. The van der Waals surface area contributed by atoms with Crippen LogP contribution < -0.4 is 0 Å². The molecule has 0 atom stereocenters. The van der Waals surface area contributed by atoms with Gasteiger partial charge < -0.3 is 9.80 Å². The molecule has 0 spiro atoms. The molecule has 4 heterocycles. The fraction of sp³-hybridized carbons (Fsp3) is 0.474. The second kappa shape index (κ2) is 5.45. The van der Waals surface area contributed by atoms with Crippen LogP contribution in [0.5, 0.6) is 0 Å². The average molecular weight is 322 g/mol. The van der Waals surface area contributed by atoms with Gasteiger partial charge in [-0.05, 0) is 31.2 Å². The van der Waals surface area contributed by atoms with Gasteiger partial charge in [-0.25, -0.2) is 0 Å². The minimum Gasteiger partial charge on any atom is -0.333 e. The van der Waals surface area contributed by atoms with Gasteiger partial charge in [-0.1, -0.05) is 24.3 Å². The molecular formula is C19H22N4O. The number of amides is 1. The lowest BCUT2D eigenvalue weighted by Crippen LogP contribution is -2.42. The Morgan fingerprint density at radius 2 is 1.92 bits per heavy atom. The van der Waals surface area contributed by atoms with Gasteiger partial charge in [0.2, 0.25) is 0 Å². The summed E-state index contributed by atoms with van der Waals surface area (Å²) < 4.78 is 0. The number of hydrogen-bond acceptors (Lipinski definition) is 3. The van der Waals surface area contributed by atoms with Gasteiger partial charge in [0.05, 0.1) is 5.69 Å². The molecule has 0 radical (unpaired) electrons. The summed E-state index contributed by atoms with van der Waals surface area (Å²) in [6.07, 6.45) is 4.09. The van der Waals surface area contributed by atoms with Crippen molar-refractivity contribution in [3.63, 3.8) is 0 Å². The van der Waals surface area contributed by atoms with E-state index in [0.717, 1.165) is 68.8 Å². The van der Waals surface area contributed by atoms with E-state index in [4.69, 9.17) is 0 Å². The number of fused-ring (bicyclic) bond motifs is 7. The van der Waals surface area contributed by atoms with E-state index >= 15 is 0 Å². The number of carbonyl (C=O) groups is 1. The molecule has 1 amide bonds. The van der Waals surface area contributed by atoms with Crippen molar-refractivity contribution in [3.8, 4) is 11.3 Å². The van der Waals surface area contributed by atoms with E-state index in [2.05, 4.69) is 38.2 Å². The molecule has 0 unspecified atom stereocenters. The summed E-state index contributed by atoms with van der Waals surface area (Å²) in [5, 5.41) is 7.59. The Hall–Kier alpha value is -2.14. The summed E-state index contributed by atoms with van der Waals surface area (Å²) in [6.45, 7) is 4.10. The molecular weight excluding hydrogens is 300 g/mol. The van der Waals surface area contributed by atoms with Crippen LogP contribution in [0.3, 0.4) is 0 Å². The molecule has 1 aliphatic carbocycles. The molecule has 2 bridgehead atoms. The van der Waals surface area contributed by atoms with Gasteiger partial charge in [0.15, 0.2) is 0 Å². The fourth-order valence-corrected chi connectivity index (χ4v) is 4.53. The topological polar surface area (TPSA) is 52.2 Å². The van der Waals surface area contributed by atoms with Crippen molar-refractivity contribution in [1.29, 1.82) is 0 Å². The molecule has 3 saturated heterocycles. The van der Waals surface area contributed by atoms with Gasteiger partial charge in [-0.15, -0.1) is 0 Å². The van der Waals surface area contributed by atoms with Crippen molar-refractivity contribution in [1.82, 2.24) is 20.0 Å². The van der Waals surface area contributed by atoms with E-state index in [1.807, 2.05) is 6.07 Å². The first kappa shape index (κ1) is 14.2. The first-order valence-corrected chi connectivity index (χ1v) is 9.00. The molecule has 1 N–H and O–H groups in total. The SMILES string of the molecule is O=C(c1[nH]nc2c1CCc1ccccc1-2)N1CCN2CCC1CC2. The Balaban J connectivity index is 1.50. The quantitative estimate of drug-likeness (QED) is 0.875. The summed E-state index contributed by atoms with van der Waals surface area (Å²) >= 11 is 0. The summed E-state index contributed by atoms with van der Waals surface area (Å²) in [7, 11) is 0. The van der Waals surface area contributed by atoms with Crippen LogP contribution in [0.1, 0.15) is 34.5 Å². The second-order valence-electron chi connectivity index (χ2n) is 7.15. The summed E-state index contributed by atoms with van der Waals surface area (Å²) in [5.41, 5.74) is 5.31. The van der Waals surface area contributed by atoms with E-state index in [-0.39, 0.29) is 5.91 Å². The standard InChI is InChI=1S/C19H22N4O/c24-19(23-12-11-22-9-7-14(23)8-10-22)18-16-6-5-13-3-1-2-4-15(13)17(16)20-21-18/h1-4,14H,5-12H2,(H,20,21). The van der Waals surface area contributed by atoms with E-state index in [0.29, 0.717) is 6.04 Å². The van der Waals surface area contributed by atoms with Crippen molar-refractivity contribution in [3.05, 3.63) is 41.1 Å². The molecule has 0 saturated carbocycles. The van der Waals surface area contributed by atoms with Gasteiger partial charge in [0, 0.05) is 43.3 Å². The summed E-state index contributed by atoms with van der Waals surface area (Å²) in [5.74, 6) is 0.150. The van der Waals surface area contributed by atoms with Crippen LogP contribution in [-0.4, -0.2) is 58.1 Å². The minimum atomic E-state index is 0.150. The van der Waals surface area contributed by atoms with Crippen molar-refractivity contribution >= 4 is 5.91 Å². The zero-order valence-corrected chi connectivity index (χ0v) is 13.8. The third-order valence-corrected chi connectivity index (χ3v) is 5.91. The van der Waals surface area contributed by atoms with Crippen LogP contribution in [0.4, 0.5) is 0 Å². The van der Waals surface area contributed by atoms with Gasteiger partial charge in [-0.2, -0.15) is 5.10 Å². The molecule has 4 aliphatic rings. The van der Waals surface area contributed by atoms with Crippen molar-refractivity contribution < 1.29 is 4.79 Å². The third-order valence-electron chi connectivity index (χ3n) is 5.91. The Morgan fingerprint density at radius 1 is 1.08 bits per heavy atom. The largest absolute Gasteiger partial charge is 0.333 e. The van der Waals surface area contributed by atoms with E-state index < -0.39 is 0 Å². The smallest absolute Gasteiger partial charge is 0.272 e. The first-order valence-electron chi connectivity index (χ1n) is 9.00. The highest BCUT2D eigenvalue weighted by atomic mass is 16.2. The Labute approximate surface area is 141 Å². The fourth-order valence-electron chi connectivity index (χ4n) is 4.53. The Bertz CT molecular complexity index is 788. The second-order valence-corrected chi connectivity index (χ2v) is 7.15. The number of benzene rings is 1. The molecule has 3 fully saturated rings. The lowest BCUT2D eigenvalue weighted by Gasteiger charge is -2.31. The lowest BCUT2D eigenvalue weighted by atomic mass is 9.89. The number of aromatic nitrogens is 2. The number of hydrogen-bond donors (Lipinski definition) is 1. The lowest BCUT2D eigenvalue weighted by molar-refractivity contribution is 0.0677. The number of piperidine rings is 1. The zero-order valence-electron chi connectivity index (χ0n) is 13.8. The molecule has 24 heavy (non-hydrogen) atoms. The Kier molecular flexibility index (Phi) is 3.23. The maximum absolute atomic E-state index is 13.2. The Morgan fingerprint density at radius 3 is 2.79 bits per heavy atom. The number of carbonyl (C=O) groups excluding carboxylic acids is 1.